The van der Waals surface area contributed by atoms with Crippen molar-refractivity contribution in [1.29, 1.82) is 0 Å². The number of allylic oxidation sites excluding steroid dienone is 4. The third kappa shape index (κ3) is 9.31. The second-order valence-corrected chi connectivity index (χ2v) is 8.13. The maximum Gasteiger partial charge on any atom is 0.328 e. The van der Waals surface area contributed by atoms with Crippen LogP contribution < -0.4 is 10.1 Å². The summed E-state index contributed by atoms with van der Waals surface area (Å²) in [6.45, 7) is 10.6. The predicted molar refractivity (Wildman–Crippen MR) is 124 cm³/mol. The molecule has 7 heteroatoms. The molecular formula is C25H33NO6. The molecule has 0 aliphatic rings. The third-order valence-electron chi connectivity index (χ3n) is 4.44. The molecule has 7 nitrogen and oxygen atoms in total. The number of amides is 1. The Bertz CT molecular complexity index is 891. The van der Waals surface area contributed by atoms with Crippen LogP contribution in [0.25, 0.3) is 6.08 Å². The zero-order valence-corrected chi connectivity index (χ0v) is 19.6. The Labute approximate surface area is 189 Å². The van der Waals surface area contributed by atoms with Crippen molar-refractivity contribution < 1.29 is 29.3 Å². The van der Waals surface area contributed by atoms with E-state index in [1.54, 1.807) is 6.08 Å². The average Bonchev–Trinajstić information content (AvgIpc) is 2.67. The first kappa shape index (κ1) is 26.8. The summed E-state index contributed by atoms with van der Waals surface area (Å²) in [4.78, 5) is 35.1. The molecule has 3 N–H and O–H groups in total. The Hall–Kier alpha value is -3.19. The maximum atomic E-state index is 12.2. The molecule has 0 saturated carbocycles. The number of hydrogen-bond donors (Lipinski definition) is 3. The first-order valence-electron chi connectivity index (χ1n) is 10.4. The molecule has 0 spiro atoms. The first-order valence-corrected chi connectivity index (χ1v) is 10.4. The van der Waals surface area contributed by atoms with E-state index in [1.807, 2.05) is 52.0 Å². The van der Waals surface area contributed by atoms with E-state index in [1.165, 1.54) is 19.9 Å². The van der Waals surface area contributed by atoms with Gasteiger partial charge in [0.15, 0.2) is 6.04 Å². The van der Waals surface area contributed by atoms with Crippen LogP contribution >= 0.6 is 0 Å². The second kappa shape index (κ2) is 12.6. The number of aliphatic hydroxyl groups excluding tert-OH is 1. The van der Waals surface area contributed by atoms with Crippen molar-refractivity contribution in [2.24, 2.45) is 0 Å². The molecule has 0 unspecified atom stereocenters. The maximum absolute atomic E-state index is 12.2. The number of carboxylic acids is 1. The van der Waals surface area contributed by atoms with Crippen molar-refractivity contribution in [3.8, 4) is 5.75 Å². The van der Waals surface area contributed by atoms with Gasteiger partial charge in [-0.1, -0.05) is 23.3 Å². The van der Waals surface area contributed by atoms with Gasteiger partial charge in [-0.3, -0.25) is 9.59 Å². The lowest BCUT2D eigenvalue weighted by atomic mass is 9.98. The Kier molecular flexibility index (Phi) is 10.6. The Morgan fingerprint density at radius 3 is 1.88 bits per heavy atom. The van der Waals surface area contributed by atoms with Crippen LogP contribution in [0.1, 0.15) is 58.2 Å². The van der Waals surface area contributed by atoms with Crippen LogP contribution in [-0.2, 0) is 27.2 Å². The molecule has 1 rings (SSSR count). The van der Waals surface area contributed by atoms with E-state index in [0.717, 1.165) is 22.3 Å². The van der Waals surface area contributed by atoms with Crippen molar-refractivity contribution >= 4 is 23.9 Å². The lowest BCUT2D eigenvalue weighted by molar-refractivity contribution is -0.144. The standard InChI is InChI=1S/C25H33NO6/c1-15(2)7-10-20-13-19(9-12-22(29)26-23(17(5)27)25(30)31)14-21(11-8-16(3)4)24(20)32-18(6)28/h7-9,12-14,17,23,27H,10-11H2,1-6H3,(H,26,29)(H,30,31)/b12-9+/t17-,23+/m1/s1. The molecule has 1 aromatic rings. The number of esters is 1. The van der Waals surface area contributed by atoms with Crippen LogP contribution in [0.5, 0.6) is 5.75 Å². The van der Waals surface area contributed by atoms with Gasteiger partial charge in [0.25, 0.3) is 0 Å². The summed E-state index contributed by atoms with van der Waals surface area (Å²) in [6, 6.07) is 2.26. The van der Waals surface area contributed by atoms with Crippen molar-refractivity contribution in [3.05, 3.63) is 58.2 Å². The minimum atomic E-state index is -1.40. The molecule has 0 aliphatic heterocycles. The number of nitrogens with one attached hydrogen (secondary N) is 1. The minimum Gasteiger partial charge on any atom is -0.480 e. The zero-order valence-electron chi connectivity index (χ0n) is 19.6. The fraction of sp³-hybridized carbons (Fsp3) is 0.400. The van der Waals surface area contributed by atoms with Gasteiger partial charge in [-0.15, -0.1) is 0 Å². The number of ether oxygens (including phenoxy) is 1. The van der Waals surface area contributed by atoms with Gasteiger partial charge in [0.1, 0.15) is 5.75 Å². The quantitative estimate of drug-likeness (QED) is 0.220. The topological polar surface area (TPSA) is 113 Å². The summed E-state index contributed by atoms with van der Waals surface area (Å²) in [5, 5.41) is 20.9. The summed E-state index contributed by atoms with van der Waals surface area (Å²) >= 11 is 0. The number of benzene rings is 1. The zero-order chi connectivity index (χ0) is 24.4. The fourth-order valence-electron chi connectivity index (χ4n) is 2.85. The van der Waals surface area contributed by atoms with E-state index < -0.39 is 30.0 Å². The van der Waals surface area contributed by atoms with Gasteiger partial charge in [0, 0.05) is 13.0 Å². The number of aliphatic hydroxyl groups is 1. The molecule has 1 amide bonds. The number of carbonyl (C=O) groups is 3. The van der Waals surface area contributed by atoms with Gasteiger partial charge in [-0.25, -0.2) is 4.79 Å². The Morgan fingerprint density at radius 1 is 1.00 bits per heavy atom. The number of carbonyl (C=O) groups excluding carboxylic acids is 2. The normalized spacial score (nSPS) is 12.6. The van der Waals surface area contributed by atoms with E-state index in [2.05, 4.69) is 5.32 Å². The summed E-state index contributed by atoms with van der Waals surface area (Å²) in [5.41, 5.74) is 4.53. The van der Waals surface area contributed by atoms with Crippen LogP contribution in [0.3, 0.4) is 0 Å². The lowest BCUT2D eigenvalue weighted by Crippen LogP contribution is -2.47. The van der Waals surface area contributed by atoms with E-state index in [-0.39, 0.29) is 0 Å². The SMILES string of the molecule is CC(=O)Oc1c(CC=C(C)C)cc(/C=C/C(=O)N[C@H](C(=O)O)[C@@H](C)O)cc1CC=C(C)C. The highest BCUT2D eigenvalue weighted by Gasteiger charge is 2.24. The molecule has 2 atom stereocenters. The minimum absolute atomic E-state index is 0.414. The van der Waals surface area contributed by atoms with E-state index in [9.17, 15) is 19.5 Å². The molecule has 1 aromatic carbocycles. The summed E-state index contributed by atoms with van der Waals surface area (Å²) in [7, 11) is 0. The van der Waals surface area contributed by atoms with Crippen molar-refractivity contribution in [1.82, 2.24) is 5.32 Å². The van der Waals surface area contributed by atoms with Crippen molar-refractivity contribution in [2.75, 3.05) is 0 Å². The molecule has 0 heterocycles. The van der Waals surface area contributed by atoms with Gasteiger partial charge in [-0.2, -0.15) is 0 Å². The molecule has 174 valence electrons. The molecule has 0 aliphatic carbocycles. The molecule has 0 fully saturated rings. The number of carboxylic acid groups (broad SMARTS) is 1. The van der Waals surface area contributed by atoms with Gasteiger partial charge in [0.2, 0.25) is 5.91 Å². The van der Waals surface area contributed by atoms with Crippen LogP contribution in [0.2, 0.25) is 0 Å². The highest BCUT2D eigenvalue weighted by atomic mass is 16.5. The molecule has 0 radical (unpaired) electrons. The van der Waals surface area contributed by atoms with Crippen LogP contribution in [0.4, 0.5) is 0 Å². The first-order chi connectivity index (χ1) is 14.9. The van der Waals surface area contributed by atoms with Crippen molar-refractivity contribution in [3.63, 3.8) is 0 Å². The van der Waals surface area contributed by atoms with Crippen LogP contribution in [-0.4, -0.2) is 40.2 Å². The Morgan fingerprint density at radius 2 is 1.50 bits per heavy atom. The van der Waals surface area contributed by atoms with Gasteiger partial charge in [-0.05, 0) is 82.4 Å². The number of rotatable bonds is 10. The smallest absolute Gasteiger partial charge is 0.328 e. The number of aliphatic carboxylic acids is 1. The predicted octanol–water partition coefficient (Wildman–Crippen LogP) is 3.59. The molecule has 0 aromatic heterocycles. The third-order valence-corrected chi connectivity index (χ3v) is 4.44. The van der Waals surface area contributed by atoms with Gasteiger partial charge < -0.3 is 20.3 Å². The molecule has 0 saturated heterocycles. The molecular weight excluding hydrogens is 410 g/mol. The number of hydrogen-bond acceptors (Lipinski definition) is 5. The van der Waals surface area contributed by atoms with Gasteiger partial charge >= 0.3 is 11.9 Å². The highest BCUT2D eigenvalue weighted by Crippen LogP contribution is 2.29. The summed E-state index contributed by atoms with van der Waals surface area (Å²) in [5.74, 6) is -1.86. The lowest BCUT2D eigenvalue weighted by Gasteiger charge is -2.16. The second-order valence-electron chi connectivity index (χ2n) is 8.13. The van der Waals surface area contributed by atoms with Crippen LogP contribution in [0, 0.1) is 0 Å². The van der Waals surface area contributed by atoms with E-state index in [4.69, 9.17) is 9.84 Å². The Balaban J connectivity index is 3.38. The summed E-state index contributed by atoms with van der Waals surface area (Å²) < 4.78 is 5.53. The average molecular weight is 444 g/mol. The van der Waals surface area contributed by atoms with E-state index in [0.29, 0.717) is 24.2 Å². The molecule has 0 bridgehead atoms. The largest absolute Gasteiger partial charge is 0.480 e. The molecule has 32 heavy (non-hydrogen) atoms. The van der Waals surface area contributed by atoms with E-state index >= 15 is 0 Å². The summed E-state index contributed by atoms with van der Waals surface area (Å²) in [6.07, 6.45) is 6.67. The van der Waals surface area contributed by atoms with Crippen molar-refractivity contribution in [2.45, 2.75) is 66.5 Å². The highest BCUT2D eigenvalue weighted by molar-refractivity contribution is 5.94. The van der Waals surface area contributed by atoms with Crippen LogP contribution in [0.15, 0.2) is 41.5 Å². The fourth-order valence-corrected chi connectivity index (χ4v) is 2.85. The monoisotopic (exact) mass is 443 g/mol. The van der Waals surface area contributed by atoms with Gasteiger partial charge in [0.05, 0.1) is 6.10 Å².